The lowest BCUT2D eigenvalue weighted by Gasteiger charge is -2.04. The molecule has 3 aromatic heterocycles. The molecule has 4 aromatic rings. The van der Waals surface area contributed by atoms with Crippen LogP contribution in [-0.4, -0.2) is 15.0 Å². The van der Waals surface area contributed by atoms with Gasteiger partial charge in [0.15, 0.2) is 18.2 Å². The van der Waals surface area contributed by atoms with E-state index >= 15 is 0 Å². The molecule has 0 bridgehead atoms. The standard InChI is InChI=1S/C17H14N4/c1-11-9-15(18-13-6-4-3-5-12(11)13)17-19-14-7-8-21(2)10-16(14)20-17/h3-10H,1-2H3/p+1. The number of hydrogen-bond acceptors (Lipinski definition) is 2. The molecule has 102 valence electrons. The number of rotatable bonds is 1. The molecule has 0 aliphatic heterocycles. The number of nitrogens with zero attached hydrogens (tertiary/aromatic N) is 3. The number of hydrogen-bond donors (Lipinski definition) is 1. The number of aromatic amines is 1. The number of pyridine rings is 2. The van der Waals surface area contributed by atoms with Crippen LogP contribution in [-0.2, 0) is 7.05 Å². The minimum Gasteiger partial charge on any atom is -0.332 e. The van der Waals surface area contributed by atoms with Crippen LogP contribution < -0.4 is 4.57 Å². The maximum absolute atomic E-state index is 4.72. The van der Waals surface area contributed by atoms with Crippen LogP contribution in [0.1, 0.15) is 5.56 Å². The fourth-order valence-electron chi connectivity index (χ4n) is 2.65. The van der Waals surface area contributed by atoms with Crippen molar-refractivity contribution in [3.63, 3.8) is 0 Å². The Morgan fingerprint density at radius 1 is 1.05 bits per heavy atom. The SMILES string of the molecule is Cc1cc(-c2nc3cc[n+](C)cc3[nH]2)nc2ccccc12. The first-order chi connectivity index (χ1) is 10.2. The van der Waals surface area contributed by atoms with Gasteiger partial charge in [0, 0.05) is 11.5 Å². The third-order valence-electron chi connectivity index (χ3n) is 3.73. The molecule has 0 fully saturated rings. The molecule has 0 saturated carbocycles. The van der Waals surface area contributed by atoms with Crippen LogP contribution in [0.25, 0.3) is 33.5 Å². The zero-order valence-electron chi connectivity index (χ0n) is 12.0. The largest absolute Gasteiger partial charge is 0.332 e. The first kappa shape index (κ1) is 12.0. The molecule has 21 heavy (non-hydrogen) atoms. The van der Waals surface area contributed by atoms with Gasteiger partial charge in [-0.05, 0) is 24.6 Å². The monoisotopic (exact) mass is 275 g/mol. The van der Waals surface area contributed by atoms with Crippen LogP contribution in [0.5, 0.6) is 0 Å². The summed E-state index contributed by atoms with van der Waals surface area (Å²) in [6, 6.07) is 12.3. The van der Waals surface area contributed by atoms with Crippen LogP contribution in [0.3, 0.4) is 0 Å². The highest BCUT2D eigenvalue weighted by Gasteiger charge is 2.10. The highest BCUT2D eigenvalue weighted by Crippen LogP contribution is 2.23. The third kappa shape index (κ3) is 1.96. The Kier molecular flexibility index (Phi) is 2.51. The van der Waals surface area contributed by atoms with Gasteiger partial charge in [0.1, 0.15) is 23.8 Å². The molecule has 0 radical (unpaired) electrons. The Morgan fingerprint density at radius 2 is 1.90 bits per heavy atom. The second-order valence-electron chi connectivity index (χ2n) is 5.34. The lowest BCUT2D eigenvalue weighted by Crippen LogP contribution is -2.25. The number of benzene rings is 1. The summed E-state index contributed by atoms with van der Waals surface area (Å²) in [5.41, 5.74) is 5.06. The van der Waals surface area contributed by atoms with Crippen molar-refractivity contribution in [2.45, 2.75) is 6.92 Å². The van der Waals surface area contributed by atoms with Gasteiger partial charge in [-0.1, -0.05) is 18.2 Å². The van der Waals surface area contributed by atoms with E-state index in [4.69, 9.17) is 4.98 Å². The Hall–Kier alpha value is -2.75. The van der Waals surface area contributed by atoms with Crippen LogP contribution in [0.4, 0.5) is 0 Å². The number of fused-ring (bicyclic) bond motifs is 2. The fourth-order valence-corrected chi connectivity index (χ4v) is 2.65. The van der Waals surface area contributed by atoms with Crippen molar-refractivity contribution in [3.8, 4) is 11.5 Å². The molecule has 0 aliphatic rings. The quantitative estimate of drug-likeness (QED) is 0.543. The Balaban J connectivity index is 1.95. The van der Waals surface area contributed by atoms with E-state index in [1.165, 1.54) is 10.9 Å². The van der Waals surface area contributed by atoms with Crippen molar-refractivity contribution in [1.82, 2.24) is 15.0 Å². The molecule has 4 nitrogen and oxygen atoms in total. The zero-order valence-corrected chi connectivity index (χ0v) is 12.0. The van der Waals surface area contributed by atoms with Gasteiger partial charge in [-0.2, -0.15) is 0 Å². The molecule has 4 heteroatoms. The summed E-state index contributed by atoms with van der Waals surface area (Å²) in [4.78, 5) is 12.7. The highest BCUT2D eigenvalue weighted by molar-refractivity contribution is 5.85. The van der Waals surface area contributed by atoms with Gasteiger partial charge >= 0.3 is 0 Å². The van der Waals surface area contributed by atoms with Crippen LogP contribution in [0.2, 0.25) is 0 Å². The predicted octanol–water partition coefficient (Wildman–Crippen LogP) is 2.91. The number of imidazole rings is 1. The number of nitrogens with one attached hydrogen (secondary N) is 1. The minimum atomic E-state index is 0.810. The molecule has 3 heterocycles. The maximum Gasteiger partial charge on any atom is 0.194 e. The van der Waals surface area contributed by atoms with Crippen molar-refractivity contribution >= 4 is 21.9 Å². The molecule has 0 atom stereocenters. The van der Waals surface area contributed by atoms with Gasteiger partial charge in [-0.3, -0.25) is 0 Å². The lowest BCUT2D eigenvalue weighted by atomic mass is 10.1. The molecular weight excluding hydrogens is 260 g/mol. The molecule has 0 saturated heterocycles. The highest BCUT2D eigenvalue weighted by atomic mass is 15.0. The smallest absolute Gasteiger partial charge is 0.194 e. The summed E-state index contributed by atoms with van der Waals surface area (Å²) in [7, 11) is 2.00. The Morgan fingerprint density at radius 3 is 2.81 bits per heavy atom. The van der Waals surface area contributed by atoms with Crippen molar-refractivity contribution in [2.24, 2.45) is 7.05 Å². The van der Waals surface area contributed by atoms with Crippen LogP contribution in [0, 0.1) is 6.92 Å². The summed E-state index contributed by atoms with van der Waals surface area (Å²) in [5, 5.41) is 1.18. The van der Waals surface area contributed by atoms with Crippen molar-refractivity contribution < 1.29 is 4.57 Å². The molecule has 0 aliphatic carbocycles. The number of aromatic nitrogens is 4. The first-order valence-electron chi connectivity index (χ1n) is 6.92. The predicted molar refractivity (Wildman–Crippen MR) is 82.7 cm³/mol. The van der Waals surface area contributed by atoms with E-state index in [0.29, 0.717) is 0 Å². The van der Waals surface area contributed by atoms with Crippen molar-refractivity contribution in [2.75, 3.05) is 0 Å². The van der Waals surface area contributed by atoms with Gasteiger partial charge in [-0.25, -0.2) is 14.5 Å². The van der Waals surface area contributed by atoms with E-state index in [1.807, 2.05) is 48.3 Å². The third-order valence-corrected chi connectivity index (χ3v) is 3.73. The van der Waals surface area contributed by atoms with E-state index < -0.39 is 0 Å². The van der Waals surface area contributed by atoms with E-state index in [-0.39, 0.29) is 0 Å². The zero-order chi connectivity index (χ0) is 14.4. The van der Waals surface area contributed by atoms with E-state index in [2.05, 4.69) is 29.0 Å². The molecule has 1 N–H and O–H groups in total. The second kappa shape index (κ2) is 4.38. The van der Waals surface area contributed by atoms with Crippen molar-refractivity contribution in [3.05, 3.63) is 54.4 Å². The summed E-state index contributed by atoms with van der Waals surface area (Å²) in [5.74, 6) is 0.810. The van der Waals surface area contributed by atoms with Crippen LogP contribution >= 0.6 is 0 Å². The Bertz CT molecular complexity index is 969. The van der Waals surface area contributed by atoms with E-state index in [0.717, 1.165) is 28.1 Å². The molecule has 0 amide bonds. The lowest BCUT2D eigenvalue weighted by molar-refractivity contribution is -0.670. The average Bonchev–Trinajstić information content (AvgIpc) is 2.90. The summed E-state index contributed by atoms with van der Waals surface area (Å²) in [6.07, 6.45) is 4.02. The van der Waals surface area contributed by atoms with Gasteiger partial charge in [0.05, 0.1) is 5.52 Å². The van der Waals surface area contributed by atoms with Crippen LogP contribution in [0.15, 0.2) is 48.8 Å². The number of para-hydroxylation sites is 1. The topological polar surface area (TPSA) is 45.5 Å². The fraction of sp³-hybridized carbons (Fsp3) is 0.118. The molecular formula is C17H15N4+. The minimum absolute atomic E-state index is 0.810. The molecule has 1 aromatic carbocycles. The Labute approximate surface area is 122 Å². The molecule has 4 rings (SSSR count). The van der Waals surface area contributed by atoms with Gasteiger partial charge in [0.2, 0.25) is 0 Å². The van der Waals surface area contributed by atoms with Gasteiger partial charge in [0.25, 0.3) is 0 Å². The normalized spacial score (nSPS) is 11.3. The number of H-pyrrole nitrogens is 1. The average molecular weight is 275 g/mol. The van der Waals surface area contributed by atoms with Gasteiger partial charge in [-0.15, -0.1) is 0 Å². The summed E-state index contributed by atoms with van der Waals surface area (Å²) < 4.78 is 2.00. The summed E-state index contributed by atoms with van der Waals surface area (Å²) in [6.45, 7) is 2.11. The van der Waals surface area contributed by atoms with E-state index in [1.54, 1.807) is 0 Å². The first-order valence-corrected chi connectivity index (χ1v) is 6.92. The molecule has 0 spiro atoms. The van der Waals surface area contributed by atoms with Crippen molar-refractivity contribution in [1.29, 1.82) is 0 Å². The summed E-state index contributed by atoms with van der Waals surface area (Å²) >= 11 is 0. The number of aryl methyl sites for hydroxylation is 2. The van der Waals surface area contributed by atoms with E-state index in [9.17, 15) is 0 Å². The molecule has 0 unspecified atom stereocenters. The second-order valence-corrected chi connectivity index (χ2v) is 5.34. The maximum atomic E-state index is 4.72. The van der Waals surface area contributed by atoms with Gasteiger partial charge < -0.3 is 4.98 Å².